The van der Waals surface area contributed by atoms with Gasteiger partial charge in [0.2, 0.25) is 15.9 Å². The van der Waals surface area contributed by atoms with Crippen LogP contribution in [0.25, 0.3) is 0 Å². The zero-order chi connectivity index (χ0) is 16.3. The van der Waals surface area contributed by atoms with Gasteiger partial charge in [0.1, 0.15) is 6.54 Å². The molecule has 2 heterocycles. The number of aryl methyl sites for hydroxylation is 1. The molecule has 0 aromatic carbocycles. The highest BCUT2D eigenvalue weighted by Crippen LogP contribution is 2.17. The van der Waals surface area contributed by atoms with E-state index in [1.807, 2.05) is 13.0 Å². The van der Waals surface area contributed by atoms with Crippen molar-refractivity contribution < 1.29 is 17.9 Å². The summed E-state index contributed by atoms with van der Waals surface area (Å²) in [4.78, 5) is 12.0. The van der Waals surface area contributed by atoms with E-state index >= 15 is 0 Å². The molecule has 1 aromatic rings. The standard InChI is InChI=1S/C13H22N4O4S/c1-10-4-5-17(15-10)6-13(18)14-12-8-21-7-11(12)9-22(19,20)16(2)3/h4-5,11-12H,6-9H2,1-3H3,(H,14,18)/t11-,12+/m0/s1. The molecule has 0 unspecified atom stereocenters. The van der Waals surface area contributed by atoms with Crippen LogP contribution >= 0.6 is 0 Å². The topological polar surface area (TPSA) is 93.5 Å². The second kappa shape index (κ2) is 6.76. The van der Waals surface area contributed by atoms with E-state index in [4.69, 9.17) is 4.74 Å². The van der Waals surface area contributed by atoms with E-state index in [0.717, 1.165) is 5.69 Å². The normalized spacial score (nSPS) is 22.2. The lowest BCUT2D eigenvalue weighted by atomic mass is 10.1. The molecule has 0 spiro atoms. The van der Waals surface area contributed by atoms with Crippen molar-refractivity contribution in [1.82, 2.24) is 19.4 Å². The van der Waals surface area contributed by atoms with Crippen LogP contribution in [0.2, 0.25) is 0 Å². The smallest absolute Gasteiger partial charge is 0.242 e. The lowest BCUT2D eigenvalue weighted by molar-refractivity contribution is -0.122. The molecule has 2 rings (SSSR count). The average Bonchev–Trinajstić information content (AvgIpc) is 2.99. The Hall–Kier alpha value is -1.45. The van der Waals surface area contributed by atoms with E-state index in [1.54, 1.807) is 10.9 Å². The van der Waals surface area contributed by atoms with Crippen LogP contribution in [0, 0.1) is 12.8 Å². The van der Waals surface area contributed by atoms with Crippen molar-refractivity contribution in [3.63, 3.8) is 0 Å². The van der Waals surface area contributed by atoms with Gasteiger partial charge in [-0.3, -0.25) is 9.48 Å². The van der Waals surface area contributed by atoms with E-state index < -0.39 is 10.0 Å². The molecule has 0 aliphatic carbocycles. The van der Waals surface area contributed by atoms with Crippen molar-refractivity contribution >= 4 is 15.9 Å². The van der Waals surface area contributed by atoms with Crippen LogP contribution in [0.1, 0.15) is 5.69 Å². The molecule has 1 fully saturated rings. The van der Waals surface area contributed by atoms with Gasteiger partial charge in [0, 0.05) is 26.2 Å². The highest BCUT2D eigenvalue weighted by molar-refractivity contribution is 7.89. The molecular weight excluding hydrogens is 308 g/mol. The number of sulfonamides is 1. The summed E-state index contributed by atoms with van der Waals surface area (Å²) in [5.41, 5.74) is 0.840. The van der Waals surface area contributed by atoms with Crippen LogP contribution in [0.4, 0.5) is 0 Å². The Balaban J connectivity index is 1.92. The molecule has 8 nitrogen and oxygen atoms in total. The SMILES string of the molecule is Cc1ccn(CC(=O)N[C@@H]2COC[C@H]2CS(=O)(=O)N(C)C)n1. The lowest BCUT2D eigenvalue weighted by Gasteiger charge is -2.21. The zero-order valence-corrected chi connectivity index (χ0v) is 13.8. The molecule has 1 aliphatic heterocycles. The van der Waals surface area contributed by atoms with Crippen molar-refractivity contribution in [2.24, 2.45) is 5.92 Å². The van der Waals surface area contributed by atoms with Crippen molar-refractivity contribution in [3.05, 3.63) is 18.0 Å². The minimum absolute atomic E-state index is 0.0359. The number of amides is 1. The number of carbonyl (C=O) groups is 1. The second-order valence-corrected chi connectivity index (χ2v) is 7.91. The van der Waals surface area contributed by atoms with Gasteiger partial charge in [0.15, 0.2) is 0 Å². The molecule has 0 saturated carbocycles. The third kappa shape index (κ3) is 4.28. The van der Waals surface area contributed by atoms with Gasteiger partial charge in [-0.2, -0.15) is 5.10 Å². The fourth-order valence-corrected chi connectivity index (χ4v) is 3.46. The molecule has 1 N–H and O–H groups in total. The molecule has 0 radical (unpaired) electrons. The molecule has 2 atom stereocenters. The quantitative estimate of drug-likeness (QED) is 0.738. The van der Waals surface area contributed by atoms with Crippen molar-refractivity contribution in [2.75, 3.05) is 33.1 Å². The minimum Gasteiger partial charge on any atom is -0.379 e. The minimum atomic E-state index is -3.32. The average molecular weight is 330 g/mol. The fraction of sp³-hybridized carbons (Fsp3) is 0.692. The summed E-state index contributed by atoms with van der Waals surface area (Å²) >= 11 is 0. The molecule has 9 heteroatoms. The fourth-order valence-electron chi connectivity index (χ4n) is 2.29. The first-order valence-corrected chi connectivity index (χ1v) is 8.66. The third-order valence-electron chi connectivity index (χ3n) is 3.61. The summed E-state index contributed by atoms with van der Waals surface area (Å²) in [6.45, 7) is 2.62. The Bertz CT molecular complexity index is 626. The number of hydrogen-bond acceptors (Lipinski definition) is 5. The van der Waals surface area contributed by atoms with Gasteiger partial charge in [-0.25, -0.2) is 12.7 Å². The number of aromatic nitrogens is 2. The van der Waals surface area contributed by atoms with Crippen LogP contribution < -0.4 is 5.32 Å². The summed E-state index contributed by atoms with van der Waals surface area (Å²) in [7, 11) is -0.324. The highest BCUT2D eigenvalue weighted by Gasteiger charge is 2.34. The molecule has 1 saturated heterocycles. The number of ether oxygens (including phenoxy) is 1. The maximum absolute atomic E-state index is 12.0. The Kier molecular flexibility index (Phi) is 5.20. The Morgan fingerprint density at radius 2 is 2.23 bits per heavy atom. The number of nitrogens with one attached hydrogen (secondary N) is 1. The number of carbonyl (C=O) groups excluding carboxylic acids is 1. The number of rotatable bonds is 6. The van der Waals surface area contributed by atoms with Crippen molar-refractivity contribution in [3.8, 4) is 0 Å². The molecular formula is C13H22N4O4S. The van der Waals surface area contributed by atoms with Gasteiger partial charge in [-0.1, -0.05) is 0 Å². The first kappa shape index (κ1) is 16.9. The van der Waals surface area contributed by atoms with Crippen LogP contribution in [0.15, 0.2) is 12.3 Å². The molecule has 22 heavy (non-hydrogen) atoms. The van der Waals surface area contributed by atoms with Gasteiger partial charge < -0.3 is 10.1 Å². The van der Waals surface area contributed by atoms with Crippen molar-refractivity contribution in [2.45, 2.75) is 19.5 Å². The van der Waals surface area contributed by atoms with Gasteiger partial charge >= 0.3 is 0 Å². The van der Waals surface area contributed by atoms with Crippen LogP contribution in [-0.4, -0.2) is 67.5 Å². The molecule has 1 amide bonds. The van der Waals surface area contributed by atoms with Crippen molar-refractivity contribution in [1.29, 1.82) is 0 Å². The van der Waals surface area contributed by atoms with Gasteiger partial charge in [0.25, 0.3) is 0 Å². The predicted molar refractivity (Wildman–Crippen MR) is 80.7 cm³/mol. The van der Waals surface area contributed by atoms with Crippen LogP contribution in [0.3, 0.4) is 0 Å². The van der Waals surface area contributed by atoms with Gasteiger partial charge in [0.05, 0.1) is 30.7 Å². The second-order valence-electron chi connectivity index (χ2n) is 5.69. The Morgan fingerprint density at radius 3 is 2.82 bits per heavy atom. The maximum atomic E-state index is 12.0. The molecule has 1 aliphatic rings. The van der Waals surface area contributed by atoms with E-state index in [0.29, 0.717) is 13.2 Å². The first-order chi connectivity index (χ1) is 10.3. The summed E-state index contributed by atoms with van der Waals surface area (Å²) < 4.78 is 32.0. The van der Waals surface area contributed by atoms with E-state index in [1.165, 1.54) is 18.4 Å². The van der Waals surface area contributed by atoms with E-state index in [2.05, 4.69) is 10.4 Å². The largest absolute Gasteiger partial charge is 0.379 e. The van der Waals surface area contributed by atoms with Gasteiger partial charge in [-0.05, 0) is 13.0 Å². The summed E-state index contributed by atoms with van der Waals surface area (Å²) in [5, 5.41) is 6.99. The monoisotopic (exact) mass is 330 g/mol. The third-order valence-corrected chi connectivity index (χ3v) is 5.57. The maximum Gasteiger partial charge on any atom is 0.242 e. The Morgan fingerprint density at radius 1 is 1.50 bits per heavy atom. The number of nitrogens with zero attached hydrogens (tertiary/aromatic N) is 3. The first-order valence-electron chi connectivity index (χ1n) is 7.05. The molecule has 1 aromatic heterocycles. The molecule has 0 bridgehead atoms. The highest BCUT2D eigenvalue weighted by atomic mass is 32.2. The number of hydrogen-bond donors (Lipinski definition) is 1. The summed E-state index contributed by atoms with van der Waals surface area (Å²) in [6, 6.07) is 1.53. The predicted octanol–water partition coefficient (Wildman–Crippen LogP) is -0.786. The molecule has 124 valence electrons. The summed E-state index contributed by atoms with van der Waals surface area (Å²) in [5.74, 6) is -0.479. The zero-order valence-electron chi connectivity index (χ0n) is 13.0. The van der Waals surface area contributed by atoms with E-state index in [-0.39, 0.29) is 30.2 Å². The lowest BCUT2D eigenvalue weighted by Crippen LogP contribution is -2.44. The van der Waals surface area contributed by atoms with Crippen LogP contribution in [0.5, 0.6) is 0 Å². The van der Waals surface area contributed by atoms with E-state index in [9.17, 15) is 13.2 Å². The van der Waals surface area contributed by atoms with Crippen LogP contribution in [-0.2, 0) is 26.1 Å². The summed E-state index contributed by atoms with van der Waals surface area (Å²) in [6.07, 6.45) is 1.73. The Labute approximate surface area is 130 Å². The van der Waals surface area contributed by atoms with Gasteiger partial charge in [-0.15, -0.1) is 0 Å².